The summed E-state index contributed by atoms with van der Waals surface area (Å²) in [4.78, 5) is 27.5. The second kappa shape index (κ2) is 6.95. The van der Waals surface area contributed by atoms with Crippen molar-refractivity contribution in [1.29, 1.82) is 0 Å². The molecule has 2 amide bonds. The fraction of sp³-hybridized carbons (Fsp3) is 0.867. The van der Waals surface area contributed by atoms with Crippen molar-refractivity contribution in [3.8, 4) is 0 Å². The minimum Gasteiger partial charge on any atom is -0.444 e. The summed E-state index contributed by atoms with van der Waals surface area (Å²) in [5, 5.41) is 0. The summed E-state index contributed by atoms with van der Waals surface area (Å²) in [7, 11) is 0. The second-order valence-electron chi connectivity index (χ2n) is 6.43. The van der Waals surface area contributed by atoms with Crippen molar-refractivity contribution in [3.05, 3.63) is 0 Å². The summed E-state index contributed by atoms with van der Waals surface area (Å²) in [6.45, 7) is 11.3. The van der Waals surface area contributed by atoms with Crippen LogP contribution in [0.4, 0.5) is 4.79 Å². The van der Waals surface area contributed by atoms with E-state index in [1.54, 1.807) is 11.8 Å². The zero-order valence-corrected chi connectivity index (χ0v) is 13.4. The molecule has 1 aliphatic heterocycles. The van der Waals surface area contributed by atoms with E-state index in [1.165, 1.54) is 0 Å². The average molecular weight is 284 g/mol. The van der Waals surface area contributed by atoms with Crippen molar-refractivity contribution in [3.63, 3.8) is 0 Å². The minimum atomic E-state index is -0.478. The number of hydrogen-bond acceptors (Lipinski definition) is 3. The van der Waals surface area contributed by atoms with Crippen LogP contribution in [0.5, 0.6) is 0 Å². The maximum atomic E-state index is 12.1. The van der Waals surface area contributed by atoms with Gasteiger partial charge in [-0.15, -0.1) is 0 Å². The molecule has 5 nitrogen and oxygen atoms in total. The summed E-state index contributed by atoms with van der Waals surface area (Å²) in [6, 6.07) is 0.119. The zero-order valence-electron chi connectivity index (χ0n) is 13.4. The highest BCUT2D eigenvalue weighted by Gasteiger charge is 2.31. The number of carbonyl (C=O) groups excluding carboxylic acids is 2. The summed E-state index contributed by atoms with van der Waals surface area (Å²) in [6.07, 6.45) is 2.53. The van der Waals surface area contributed by atoms with Gasteiger partial charge in [0, 0.05) is 32.6 Å². The molecule has 0 N–H and O–H groups in total. The first-order valence-electron chi connectivity index (χ1n) is 7.49. The van der Waals surface area contributed by atoms with Crippen LogP contribution in [-0.4, -0.2) is 53.1 Å². The number of nitrogens with zero attached hydrogens (tertiary/aromatic N) is 2. The molecule has 0 aromatic heterocycles. The van der Waals surface area contributed by atoms with Gasteiger partial charge < -0.3 is 14.5 Å². The molecule has 0 saturated carbocycles. The van der Waals surface area contributed by atoms with Crippen LogP contribution in [0.1, 0.15) is 53.9 Å². The van der Waals surface area contributed by atoms with Crippen molar-refractivity contribution < 1.29 is 14.3 Å². The van der Waals surface area contributed by atoms with E-state index in [-0.39, 0.29) is 18.0 Å². The Morgan fingerprint density at radius 1 is 1.35 bits per heavy atom. The Morgan fingerprint density at radius 2 is 2.00 bits per heavy atom. The Kier molecular flexibility index (Phi) is 5.84. The number of rotatable bonds is 3. The molecule has 0 bridgehead atoms. The van der Waals surface area contributed by atoms with E-state index in [2.05, 4.69) is 6.92 Å². The molecule has 116 valence electrons. The molecule has 0 spiro atoms. The summed E-state index contributed by atoms with van der Waals surface area (Å²) < 4.78 is 5.41. The van der Waals surface area contributed by atoms with Crippen LogP contribution >= 0.6 is 0 Å². The lowest BCUT2D eigenvalue weighted by molar-refractivity contribution is -0.132. The molecule has 5 heteroatoms. The molecular weight excluding hydrogens is 256 g/mol. The largest absolute Gasteiger partial charge is 0.444 e. The maximum Gasteiger partial charge on any atom is 0.410 e. The van der Waals surface area contributed by atoms with E-state index in [0.29, 0.717) is 13.1 Å². The molecule has 1 saturated heterocycles. The molecule has 1 atom stereocenters. The van der Waals surface area contributed by atoms with Crippen molar-refractivity contribution in [1.82, 2.24) is 9.80 Å². The summed E-state index contributed by atoms with van der Waals surface area (Å²) in [5.74, 6) is 0.0860. The molecule has 0 aromatic rings. The highest BCUT2D eigenvalue weighted by atomic mass is 16.6. The second-order valence-corrected chi connectivity index (χ2v) is 6.43. The molecule has 0 radical (unpaired) electrons. The third-order valence-electron chi connectivity index (χ3n) is 3.36. The van der Waals surface area contributed by atoms with Crippen molar-refractivity contribution >= 4 is 12.0 Å². The number of carbonyl (C=O) groups is 2. The van der Waals surface area contributed by atoms with Gasteiger partial charge in [0.15, 0.2) is 0 Å². The smallest absolute Gasteiger partial charge is 0.410 e. The Morgan fingerprint density at radius 3 is 2.50 bits per heavy atom. The lowest BCUT2D eigenvalue weighted by Gasteiger charge is -2.39. The molecule has 0 aromatic carbocycles. The van der Waals surface area contributed by atoms with Gasteiger partial charge >= 0.3 is 6.09 Å². The zero-order chi connectivity index (χ0) is 15.3. The van der Waals surface area contributed by atoms with E-state index in [9.17, 15) is 9.59 Å². The van der Waals surface area contributed by atoms with Crippen LogP contribution in [-0.2, 0) is 9.53 Å². The predicted molar refractivity (Wildman–Crippen MR) is 78.5 cm³/mol. The Balaban J connectivity index is 2.65. The van der Waals surface area contributed by atoms with E-state index in [4.69, 9.17) is 4.74 Å². The third kappa shape index (κ3) is 5.02. The fourth-order valence-electron chi connectivity index (χ4n) is 2.54. The average Bonchev–Trinajstić information content (AvgIpc) is 2.33. The van der Waals surface area contributed by atoms with Gasteiger partial charge in [-0.2, -0.15) is 0 Å². The summed E-state index contributed by atoms with van der Waals surface area (Å²) in [5.41, 5.74) is -0.478. The molecular formula is C15H28N2O3. The van der Waals surface area contributed by atoms with Crippen molar-refractivity contribution in [2.45, 2.75) is 65.5 Å². The van der Waals surface area contributed by atoms with Gasteiger partial charge in [0.05, 0.1) is 0 Å². The van der Waals surface area contributed by atoms with Crippen molar-refractivity contribution in [2.75, 3.05) is 19.6 Å². The first-order chi connectivity index (χ1) is 9.24. The predicted octanol–water partition coefficient (Wildman–Crippen LogP) is 2.64. The lowest BCUT2D eigenvalue weighted by Crippen LogP contribution is -2.52. The van der Waals surface area contributed by atoms with Gasteiger partial charge in [0.1, 0.15) is 5.60 Å². The fourth-order valence-corrected chi connectivity index (χ4v) is 2.54. The molecule has 1 rings (SSSR count). The lowest BCUT2D eigenvalue weighted by atomic mass is 10.0. The maximum absolute atomic E-state index is 12.1. The van der Waals surface area contributed by atoms with Crippen LogP contribution in [0.2, 0.25) is 0 Å². The van der Waals surface area contributed by atoms with Gasteiger partial charge in [-0.1, -0.05) is 6.92 Å². The number of hydrogen-bond donors (Lipinski definition) is 0. The van der Waals surface area contributed by atoms with E-state index < -0.39 is 5.60 Å². The molecule has 1 aliphatic rings. The molecule has 20 heavy (non-hydrogen) atoms. The SMILES string of the molecule is CCCN(C(C)=O)C1CCCN(C(=O)OC(C)(C)C)C1. The topological polar surface area (TPSA) is 49.9 Å². The van der Waals surface area contributed by atoms with Crippen LogP contribution < -0.4 is 0 Å². The minimum absolute atomic E-state index is 0.0860. The molecule has 1 unspecified atom stereocenters. The van der Waals surface area contributed by atoms with Crippen LogP contribution in [0, 0.1) is 0 Å². The summed E-state index contributed by atoms with van der Waals surface area (Å²) >= 11 is 0. The van der Waals surface area contributed by atoms with Crippen LogP contribution in [0.3, 0.4) is 0 Å². The molecule has 1 heterocycles. The number of amides is 2. The van der Waals surface area contributed by atoms with E-state index >= 15 is 0 Å². The normalized spacial score (nSPS) is 19.6. The molecule has 0 aliphatic carbocycles. The van der Waals surface area contributed by atoms with Gasteiger partial charge in [-0.05, 0) is 40.0 Å². The first-order valence-corrected chi connectivity index (χ1v) is 7.49. The monoisotopic (exact) mass is 284 g/mol. The van der Waals surface area contributed by atoms with Gasteiger partial charge in [-0.3, -0.25) is 4.79 Å². The number of ether oxygens (including phenoxy) is 1. The number of likely N-dealkylation sites (tertiary alicyclic amines) is 1. The van der Waals surface area contributed by atoms with Crippen molar-refractivity contribution in [2.24, 2.45) is 0 Å². The first kappa shape index (κ1) is 16.8. The Labute approximate surface area is 122 Å². The Bertz CT molecular complexity index is 350. The quantitative estimate of drug-likeness (QED) is 0.800. The highest BCUT2D eigenvalue weighted by molar-refractivity contribution is 5.74. The number of piperidine rings is 1. The highest BCUT2D eigenvalue weighted by Crippen LogP contribution is 2.19. The Hall–Kier alpha value is -1.26. The van der Waals surface area contributed by atoms with Gasteiger partial charge in [-0.25, -0.2) is 4.79 Å². The van der Waals surface area contributed by atoms with Gasteiger partial charge in [0.2, 0.25) is 5.91 Å². The van der Waals surface area contributed by atoms with E-state index in [1.807, 2.05) is 25.7 Å². The van der Waals surface area contributed by atoms with Crippen LogP contribution in [0.15, 0.2) is 0 Å². The molecule has 1 fully saturated rings. The van der Waals surface area contributed by atoms with Crippen LogP contribution in [0.25, 0.3) is 0 Å². The third-order valence-corrected chi connectivity index (χ3v) is 3.36. The van der Waals surface area contributed by atoms with Gasteiger partial charge in [0.25, 0.3) is 0 Å². The standard InChI is InChI=1S/C15H28N2O3/c1-6-9-17(12(2)18)13-8-7-10-16(11-13)14(19)20-15(3,4)5/h13H,6-11H2,1-5H3. The van der Waals surface area contributed by atoms with E-state index in [0.717, 1.165) is 25.8 Å².